The van der Waals surface area contributed by atoms with Gasteiger partial charge in [0, 0.05) is 19.6 Å². The van der Waals surface area contributed by atoms with Crippen LogP contribution in [0, 0.1) is 0 Å². The Balaban J connectivity index is 2.22. The fourth-order valence-corrected chi connectivity index (χ4v) is 2.19. The molecule has 2 bridgehead atoms. The first kappa shape index (κ1) is 7.10. The molecule has 0 aromatic carbocycles. The summed E-state index contributed by atoms with van der Waals surface area (Å²) in [4.78, 5) is 15.6. The Bertz CT molecular complexity index is 193. The second-order valence-corrected chi connectivity index (χ2v) is 3.63. The molecule has 2 aliphatic rings. The van der Waals surface area contributed by atoms with Crippen molar-refractivity contribution in [3.8, 4) is 0 Å². The summed E-state index contributed by atoms with van der Waals surface area (Å²) in [6, 6.07) is 0.821. The number of hydrogen-bond donors (Lipinski definition) is 0. The summed E-state index contributed by atoms with van der Waals surface area (Å²) in [6.07, 6.45) is 2.25. The van der Waals surface area contributed by atoms with E-state index in [1.54, 1.807) is 0 Å². The van der Waals surface area contributed by atoms with Crippen LogP contribution < -0.4 is 0 Å². The highest BCUT2D eigenvalue weighted by molar-refractivity contribution is 5.83. The van der Waals surface area contributed by atoms with E-state index in [9.17, 15) is 4.79 Å². The van der Waals surface area contributed by atoms with E-state index in [1.807, 2.05) is 11.9 Å². The number of nitrogens with zero attached hydrogens (tertiary/aromatic N) is 2. The maximum atomic E-state index is 11.5. The molecule has 0 N–H and O–H groups in total. The van der Waals surface area contributed by atoms with E-state index in [1.165, 1.54) is 6.42 Å². The molecule has 2 heterocycles. The van der Waals surface area contributed by atoms with E-state index in [4.69, 9.17) is 0 Å². The minimum atomic E-state index is 0.193. The Kier molecular flexibility index (Phi) is 1.42. The molecule has 0 aliphatic carbocycles. The third-order valence-electron chi connectivity index (χ3n) is 2.99. The number of piperazine rings is 1. The molecule has 3 heteroatoms. The number of rotatable bonds is 0. The largest absolute Gasteiger partial charge is 0.343 e. The van der Waals surface area contributed by atoms with Gasteiger partial charge in [0.25, 0.3) is 0 Å². The van der Waals surface area contributed by atoms with Gasteiger partial charge in [0.1, 0.15) is 0 Å². The van der Waals surface area contributed by atoms with Crippen molar-refractivity contribution in [3.05, 3.63) is 0 Å². The third kappa shape index (κ3) is 0.872. The number of carbonyl (C=O) groups is 1. The average molecular weight is 154 g/mol. The van der Waals surface area contributed by atoms with Gasteiger partial charge in [0.2, 0.25) is 5.91 Å². The molecule has 0 saturated carbocycles. The molecule has 0 spiro atoms. The number of likely N-dealkylation sites (N-methyl/N-ethyl adjacent to an activating group) is 2. The Labute approximate surface area is 67.0 Å². The van der Waals surface area contributed by atoms with E-state index in [2.05, 4.69) is 11.9 Å². The first-order valence-corrected chi connectivity index (χ1v) is 4.17. The van der Waals surface area contributed by atoms with Crippen LogP contribution >= 0.6 is 0 Å². The van der Waals surface area contributed by atoms with Crippen LogP contribution in [-0.2, 0) is 4.79 Å². The summed E-state index contributed by atoms with van der Waals surface area (Å²) in [5.41, 5.74) is 0. The third-order valence-corrected chi connectivity index (χ3v) is 2.99. The highest BCUT2D eigenvalue weighted by Crippen LogP contribution is 2.28. The Morgan fingerprint density at radius 2 is 2.09 bits per heavy atom. The van der Waals surface area contributed by atoms with Crippen LogP contribution in [0.15, 0.2) is 0 Å². The van der Waals surface area contributed by atoms with Gasteiger partial charge in [-0.15, -0.1) is 0 Å². The average Bonchev–Trinajstić information content (AvgIpc) is 2.23. The summed E-state index contributed by atoms with van der Waals surface area (Å²) in [5.74, 6) is 0.307. The van der Waals surface area contributed by atoms with Gasteiger partial charge < -0.3 is 4.90 Å². The van der Waals surface area contributed by atoms with Crippen molar-refractivity contribution in [1.82, 2.24) is 9.80 Å². The monoisotopic (exact) mass is 154 g/mol. The number of amides is 1. The molecular weight excluding hydrogens is 140 g/mol. The SMILES string of the molecule is CN1CC2CCC(C1=O)N2C. The molecule has 2 fully saturated rings. The van der Waals surface area contributed by atoms with Crippen molar-refractivity contribution < 1.29 is 4.79 Å². The van der Waals surface area contributed by atoms with Gasteiger partial charge in [-0.25, -0.2) is 0 Å². The molecule has 62 valence electrons. The van der Waals surface area contributed by atoms with Crippen LogP contribution in [0.25, 0.3) is 0 Å². The number of hydrogen-bond acceptors (Lipinski definition) is 2. The Morgan fingerprint density at radius 3 is 2.82 bits per heavy atom. The first-order chi connectivity index (χ1) is 5.20. The number of fused-ring (bicyclic) bond motifs is 2. The minimum Gasteiger partial charge on any atom is -0.343 e. The van der Waals surface area contributed by atoms with E-state index in [-0.39, 0.29) is 6.04 Å². The molecule has 3 nitrogen and oxygen atoms in total. The highest BCUT2D eigenvalue weighted by atomic mass is 16.2. The molecule has 1 amide bonds. The first-order valence-electron chi connectivity index (χ1n) is 4.17. The standard InChI is InChI=1S/C8H14N2O/c1-9-5-6-3-4-7(8(9)11)10(6)2/h6-7H,3-5H2,1-2H3. The molecule has 11 heavy (non-hydrogen) atoms. The maximum Gasteiger partial charge on any atom is 0.239 e. The summed E-state index contributed by atoms with van der Waals surface area (Å²) < 4.78 is 0. The van der Waals surface area contributed by atoms with Crippen LogP contribution in [0.3, 0.4) is 0 Å². The zero-order valence-corrected chi connectivity index (χ0v) is 7.08. The lowest BCUT2D eigenvalue weighted by Gasteiger charge is -2.36. The van der Waals surface area contributed by atoms with Gasteiger partial charge in [-0.2, -0.15) is 0 Å². The van der Waals surface area contributed by atoms with E-state index >= 15 is 0 Å². The minimum absolute atomic E-state index is 0.193. The van der Waals surface area contributed by atoms with Gasteiger partial charge >= 0.3 is 0 Å². The normalized spacial score (nSPS) is 38.4. The second kappa shape index (κ2) is 2.21. The quantitative estimate of drug-likeness (QED) is 0.487. The molecule has 2 aliphatic heterocycles. The fourth-order valence-electron chi connectivity index (χ4n) is 2.19. The zero-order chi connectivity index (χ0) is 8.01. The van der Waals surface area contributed by atoms with Crippen LogP contribution in [0.1, 0.15) is 12.8 Å². The topological polar surface area (TPSA) is 23.6 Å². The highest BCUT2D eigenvalue weighted by Gasteiger charge is 2.41. The predicted octanol–water partition coefficient (Wildman–Crippen LogP) is -0.0788. The Hall–Kier alpha value is -0.570. The molecule has 2 saturated heterocycles. The molecule has 0 aromatic heterocycles. The number of carbonyl (C=O) groups excluding carboxylic acids is 1. The molecule has 2 atom stereocenters. The van der Waals surface area contributed by atoms with Gasteiger partial charge in [-0.3, -0.25) is 9.69 Å². The van der Waals surface area contributed by atoms with Gasteiger partial charge in [0.05, 0.1) is 6.04 Å². The van der Waals surface area contributed by atoms with Gasteiger partial charge in [0.15, 0.2) is 0 Å². The van der Waals surface area contributed by atoms with Crippen molar-refractivity contribution in [3.63, 3.8) is 0 Å². The smallest absolute Gasteiger partial charge is 0.239 e. The van der Waals surface area contributed by atoms with Crippen molar-refractivity contribution in [2.75, 3.05) is 20.6 Å². The van der Waals surface area contributed by atoms with Crippen LogP contribution in [0.5, 0.6) is 0 Å². The molecular formula is C8H14N2O. The summed E-state index contributed by atoms with van der Waals surface area (Å²) in [5, 5.41) is 0. The van der Waals surface area contributed by atoms with Crippen LogP contribution in [0.4, 0.5) is 0 Å². The zero-order valence-electron chi connectivity index (χ0n) is 7.08. The van der Waals surface area contributed by atoms with E-state index in [0.29, 0.717) is 11.9 Å². The lowest BCUT2D eigenvalue weighted by atomic mass is 10.2. The van der Waals surface area contributed by atoms with E-state index in [0.717, 1.165) is 13.0 Å². The summed E-state index contributed by atoms with van der Waals surface area (Å²) in [6.45, 7) is 0.922. The summed E-state index contributed by atoms with van der Waals surface area (Å²) >= 11 is 0. The molecule has 2 rings (SSSR count). The van der Waals surface area contributed by atoms with Crippen LogP contribution in [0.2, 0.25) is 0 Å². The van der Waals surface area contributed by atoms with E-state index < -0.39 is 0 Å². The van der Waals surface area contributed by atoms with Gasteiger partial charge in [-0.05, 0) is 19.9 Å². The van der Waals surface area contributed by atoms with Crippen molar-refractivity contribution in [2.24, 2.45) is 0 Å². The van der Waals surface area contributed by atoms with Crippen molar-refractivity contribution in [1.29, 1.82) is 0 Å². The predicted molar refractivity (Wildman–Crippen MR) is 42.2 cm³/mol. The maximum absolute atomic E-state index is 11.5. The molecule has 2 unspecified atom stereocenters. The number of likely N-dealkylation sites (tertiary alicyclic amines) is 1. The second-order valence-electron chi connectivity index (χ2n) is 3.63. The molecule has 0 aromatic rings. The Morgan fingerprint density at radius 1 is 1.36 bits per heavy atom. The molecule has 0 radical (unpaired) electrons. The van der Waals surface area contributed by atoms with Crippen LogP contribution in [-0.4, -0.2) is 48.4 Å². The fraction of sp³-hybridized carbons (Fsp3) is 0.875. The van der Waals surface area contributed by atoms with Crippen molar-refractivity contribution in [2.45, 2.75) is 24.9 Å². The van der Waals surface area contributed by atoms with Crippen molar-refractivity contribution >= 4 is 5.91 Å². The lowest BCUT2D eigenvalue weighted by molar-refractivity contribution is -0.138. The summed E-state index contributed by atoms with van der Waals surface area (Å²) in [7, 11) is 3.97. The lowest BCUT2D eigenvalue weighted by Crippen LogP contribution is -2.54. The van der Waals surface area contributed by atoms with Gasteiger partial charge in [-0.1, -0.05) is 0 Å².